The number of oxazole rings is 1. The highest BCUT2D eigenvalue weighted by molar-refractivity contribution is 5.54. The average Bonchev–Trinajstić information content (AvgIpc) is 3.15. The van der Waals surface area contributed by atoms with Gasteiger partial charge >= 0.3 is 0 Å². The first kappa shape index (κ1) is 15.8. The van der Waals surface area contributed by atoms with Crippen molar-refractivity contribution in [3.8, 4) is 11.5 Å². The van der Waals surface area contributed by atoms with Crippen molar-refractivity contribution >= 4 is 0 Å². The molecule has 2 aromatic heterocycles. The average molecular weight is 336 g/mol. The van der Waals surface area contributed by atoms with E-state index in [0.717, 1.165) is 42.8 Å². The number of rotatable bonds is 4. The van der Waals surface area contributed by atoms with E-state index in [9.17, 15) is 4.79 Å². The Bertz CT molecular complexity index is 909. The molecule has 25 heavy (non-hydrogen) atoms. The van der Waals surface area contributed by atoms with Crippen LogP contribution in [0.5, 0.6) is 0 Å². The zero-order chi connectivity index (χ0) is 17.1. The summed E-state index contributed by atoms with van der Waals surface area (Å²) in [6.07, 6.45) is 5.63. The lowest BCUT2D eigenvalue weighted by Gasteiger charge is -2.19. The minimum atomic E-state index is -0.114. The normalized spacial score (nSPS) is 15.4. The van der Waals surface area contributed by atoms with E-state index in [-0.39, 0.29) is 5.56 Å². The Morgan fingerprint density at radius 2 is 2.08 bits per heavy atom. The van der Waals surface area contributed by atoms with E-state index >= 15 is 0 Å². The second-order valence-corrected chi connectivity index (χ2v) is 6.31. The topological polar surface area (TPSA) is 73.0 Å². The van der Waals surface area contributed by atoms with Gasteiger partial charge in [0.2, 0.25) is 5.89 Å². The van der Waals surface area contributed by atoms with Crippen LogP contribution in [0.15, 0.2) is 58.0 Å². The zero-order valence-corrected chi connectivity index (χ0v) is 13.9. The molecule has 1 saturated heterocycles. The summed E-state index contributed by atoms with van der Waals surface area (Å²) in [5.74, 6) is 2.03. The first-order valence-electron chi connectivity index (χ1n) is 8.57. The van der Waals surface area contributed by atoms with Gasteiger partial charge in [-0.25, -0.2) is 9.67 Å². The maximum absolute atomic E-state index is 11.8. The summed E-state index contributed by atoms with van der Waals surface area (Å²) in [5, 5.41) is 7.46. The fourth-order valence-corrected chi connectivity index (χ4v) is 3.20. The van der Waals surface area contributed by atoms with Crippen molar-refractivity contribution in [3.05, 3.63) is 70.5 Å². The van der Waals surface area contributed by atoms with E-state index < -0.39 is 0 Å². The lowest BCUT2D eigenvalue weighted by molar-refractivity contribution is 0.390. The molecule has 3 heterocycles. The predicted octanol–water partition coefficient (Wildman–Crippen LogP) is 2.41. The standard InChI is InChI=1S/C19H20N4O2/c24-18-5-2-8-22-23(18)13-14-3-1-4-16(11-14)19-21-12-17(25-19)15-6-9-20-10-7-15/h1-5,8,11-12,15,20H,6-7,9-10,13H2. The van der Waals surface area contributed by atoms with Crippen LogP contribution in [-0.2, 0) is 6.54 Å². The van der Waals surface area contributed by atoms with Crippen LogP contribution in [0.1, 0.15) is 30.1 Å². The summed E-state index contributed by atoms with van der Waals surface area (Å²) in [6.45, 7) is 2.47. The molecule has 0 amide bonds. The van der Waals surface area contributed by atoms with Crippen LogP contribution in [0.4, 0.5) is 0 Å². The van der Waals surface area contributed by atoms with Gasteiger partial charge in [-0.3, -0.25) is 4.79 Å². The molecule has 1 aromatic carbocycles. The van der Waals surface area contributed by atoms with Crippen LogP contribution in [-0.4, -0.2) is 27.9 Å². The molecule has 4 rings (SSSR count). The number of hydrogen-bond acceptors (Lipinski definition) is 5. The summed E-state index contributed by atoms with van der Waals surface area (Å²) in [5.41, 5.74) is 1.79. The van der Waals surface area contributed by atoms with E-state index in [0.29, 0.717) is 18.4 Å². The van der Waals surface area contributed by atoms with Crippen molar-refractivity contribution in [1.29, 1.82) is 0 Å². The van der Waals surface area contributed by atoms with E-state index in [1.165, 1.54) is 10.7 Å². The van der Waals surface area contributed by atoms with Gasteiger partial charge < -0.3 is 9.73 Å². The molecule has 3 aromatic rings. The quantitative estimate of drug-likeness (QED) is 0.792. The molecule has 1 fully saturated rings. The smallest absolute Gasteiger partial charge is 0.267 e. The maximum Gasteiger partial charge on any atom is 0.267 e. The van der Waals surface area contributed by atoms with Crippen molar-refractivity contribution in [2.45, 2.75) is 25.3 Å². The van der Waals surface area contributed by atoms with Gasteiger partial charge in [0.1, 0.15) is 5.76 Å². The third-order valence-corrected chi connectivity index (χ3v) is 4.56. The predicted molar refractivity (Wildman–Crippen MR) is 94.4 cm³/mol. The molecule has 0 aliphatic carbocycles. The molecule has 0 unspecified atom stereocenters. The lowest BCUT2D eigenvalue weighted by atomic mass is 9.96. The Balaban J connectivity index is 1.56. The van der Waals surface area contributed by atoms with Crippen LogP contribution < -0.4 is 10.9 Å². The number of nitrogens with one attached hydrogen (secondary N) is 1. The van der Waals surface area contributed by atoms with Crippen molar-refractivity contribution in [3.63, 3.8) is 0 Å². The van der Waals surface area contributed by atoms with Crippen molar-refractivity contribution in [1.82, 2.24) is 20.1 Å². The van der Waals surface area contributed by atoms with Crippen molar-refractivity contribution in [2.75, 3.05) is 13.1 Å². The lowest BCUT2D eigenvalue weighted by Crippen LogP contribution is -2.26. The number of nitrogens with zero attached hydrogens (tertiary/aromatic N) is 3. The van der Waals surface area contributed by atoms with Crippen molar-refractivity contribution < 1.29 is 4.42 Å². The summed E-state index contributed by atoms with van der Waals surface area (Å²) < 4.78 is 7.45. The van der Waals surface area contributed by atoms with Crippen LogP contribution in [0.2, 0.25) is 0 Å². The molecule has 0 spiro atoms. The fraction of sp³-hybridized carbons (Fsp3) is 0.316. The minimum absolute atomic E-state index is 0.114. The largest absolute Gasteiger partial charge is 0.441 e. The SMILES string of the molecule is O=c1cccnn1Cc1cccc(-c2ncc(C3CCNCC3)o2)c1. The highest BCUT2D eigenvalue weighted by Crippen LogP contribution is 2.29. The van der Waals surface area contributed by atoms with Crippen LogP contribution >= 0.6 is 0 Å². The summed E-state index contributed by atoms with van der Waals surface area (Å²) >= 11 is 0. The van der Waals surface area contributed by atoms with Gasteiger partial charge in [-0.2, -0.15) is 5.10 Å². The van der Waals surface area contributed by atoms with Gasteiger partial charge in [0.05, 0.1) is 12.7 Å². The number of benzene rings is 1. The first-order valence-corrected chi connectivity index (χ1v) is 8.57. The summed E-state index contributed by atoms with van der Waals surface area (Å²) in [7, 11) is 0. The number of aromatic nitrogens is 3. The zero-order valence-electron chi connectivity index (χ0n) is 13.9. The number of hydrogen-bond donors (Lipinski definition) is 1. The molecule has 128 valence electrons. The van der Waals surface area contributed by atoms with Gasteiger partial charge in [0, 0.05) is 23.7 Å². The van der Waals surface area contributed by atoms with Crippen molar-refractivity contribution in [2.24, 2.45) is 0 Å². The molecule has 6 nitrogen and oxygen atoms in total. The highest BCUT2D eigenvalue weighted by Gasteiger charge is 2.19. The Labute approximate surface area is 145 Å². The van der Waals surface area contributed by atoms with Gasteiger partial charge in [-0.15, -0.1) is 0 Å². The van der Waals surface area contributed by atoms with Crippen LogP contribution in [0.25, 0.3) is 11.5 Å². The molecule has 1 aliphatic heterocycles. The molecule has 0 saturated carbocycles. The van der Waals surface area contributed by atoms with Crippen LogP contribution in [0.3, 0.4) is 0 Å². The highest BCUT2D eigenvalue weighted by atomic mass is 16.4. The summed E-state index contributed by atoms with van der Waals surface area (Å²) in [6, 6.07) is 11.1. The van der Waals surface area contributed by atoms with E-state index in [4.69, 9.17) is 4.42 Å². The van der Waals surface area contributed by atoms with E-state index in [1.807, 2.05) is 30.5 Å². The van der Waals surface area contributed by atoms with E-state index in [2.05, 4.69) is 15.4 Å². The van der Waals surface area contributed by atoms with Gasteiger partial charge in [-0.05, 0) is 49.7 Å². The van der Waals surface area contributed by atoms with Gasteiger partial charge in [0.15, 0.2) is 0 Å². The Morgan fingerprint density at radius 3 is 2.92 bits per heavy atom. The Hall–Kier alpha value is -2.73. The molecule has 0 bridgehead atoms. The molecular weight excluding hydrogens is 316 g/mol. The molecule has 0 radical (unpaired) electrons. The monoisotopic (exact) mass is 336 g/mol. The Morgan fingerprint density at radius 1 is 1.20 bits per heavy atom. The summed E-state index contributed by atoms with van der Waals surface area (Å²) in [4.78, 5) is 16.3. The molecule has 0 atom stereocenters. The maximum atomic E-state index is 11.8. The number of piperidine rings is 1. The molecule has 1 aliphatic rings. The van der Waals surface area contributed by atoms with E-state index in [1.54, 1.807) is 12.3 Å². The molecule has 6 heteroatoms. The molecular formula is C19H20N4O2. The Kier molecular flexibility index (Phi) is 4.43. The molecule has 1 N–H and O–H groups in total. The third-order valence-electron chi connectivity index (χ3n) is 4.56. The first-order chi connectivity index (χ1) is 12.3. The third kappa shape index (κ3) is 3.53. The fourth-order valence-electron chi connectivity index (χ4n) is 3.20. The second kappa shape index (κ2) is 7.03. The van der Waals surface area contributed by atoms with Gasteiger partial charge in [0.25, 0.3) is 5.56 Å². The minimum Gasteiger partial charge on any atom is -0.441 e. The van der Waals surface area contributed by atoms with Crippen LogP contribution in [0, 0.1) is 0 Å². The van der Waals surface area contributed by atoms with Gasteiger partial charge in [-0.1, -0.05) is 12.1 Å². The second-order valence-electron chi connectivity index (χ2n) is 6.31.